The molecule has 154 valence electrons. The van der Waals surface area contributed by atoms with Crippen molar-refractivity contribution in [1.29, 1.82) is 0 Å². The summed E-state index contributed by atoms with van der Waals surface area (Å²) in [6.45, 7) is 2.62. The van der Waals surface area contributed by atoms with E-state index in [4.69, 9.17) is 0 Å². The van der Waals surface area contributed by atoms with E-state index in [0.29, 0.717) is 16.8 Å². The zero-order chi connectivity index (χ0) is 20.9. The number of thiophene rings is 2. The van der Waals surface area contributed by atoms with Gasteiger partial charge >= 0.3 is 0 Å². The largest absolute Gasteiger partial charge is 0.354 e. The first-order chi connectivity index (χ1) is 14.6. The topological polar surface area (TPSA) is 64.0 Å². The molecule has 0 bridgehead atoms. The maximum atomic E-state index is 12.9. The molecule has 4 rings (SSSR count). The van der Waals surface area contributed by atoms with Crippen LogP contribution in [0, 0.1) is 6.92 Å². The molecule has 0 atom stereocenters. The molecule has 0 saturated heterocycles. The Labute approximate surface area is 186 Å². The summed E-state index contributed by atoms with van der Waals surface area (Å²) < 4.78 is 1.39. The van der Waals surface area contributed by atoms with Gasteiger partial charge in [-0.25, -0.2) is 4.98 Å². The van der Waals surface area contributed by atoms with E-state index in [-0.39, 0.29) is 18.0 Å². The number of aromatic nitrogens is 2. The average Bonchev–Trinajstić information content (AvgIpc) is 3.41. The highest BCUT2D eigenvalue weighted by Gasteiger charge is 2.15. The fraction of sp³-hybridized carbons (Fsp3) is 0.227. The van der Waals surface area contributed by atoms with Gasteiger partial charge in [-0.05, 0) is 23.9 Å². The minimum absolute atomic E-state index is 0.0237. The van der Waals surface area contributed by atoms with Crippen LogP contribution in [-0.2, 0) is 17.1 Å². The van der Waals surface area contributed by atoms with Gasteiger partial charge in [0.05, 0.1) is 11.7 Å². The fourth-order valence-electron chi connectivity index (χ4n) is 3.04. The van der Waals surface area contributed by atoms with E-state index in [2.05, 4.69) is 41.5 Å². The van der Waals surface area contributed by atoms with Crippen LogP contribution in [0.3, 0.4) is 0 Å². The predicted octanol–water partition coefficient (Wildman–Crippen LogP) is 4.54. The molecule has 1 aromatic carbocycles. The van der Waals surface area contributed by atoms with Crippen LogP contribution in [0.25, 0.3) is 20.7 Å². The van der Waals surface area contributed by atoms with Crippen LogP contribution >= 0.6 is 34.4 Å². The Morgan fingerprint density at radius 3 is 2.80 bits per heavy atom. The van der Waals surface area contributed by atoms with Crippen LogP contribution in [0.5, 0.6) is 0 Å². The number of rotatable bonds is 8. The number of fused-ring (bicyclic) bond motifs is 1. The first-order valence-electron chi connectivity index (χ1n) is 9.52. The second-order valence-electron chi connectivity index (χ2n) is 6.87. The first-order valence-corrected chi connectivity index (χ1v) is 12.4. The van der Waals surface area contributed by atoms with Crippen molar-refractivity contribution in [3.8, 4) is 10.4 Å². The van der Waals surface area contributed by atoms with E-state index in [1.807, 2.05) is 22.9 Å². The third-order valence-corrected chi connectivity index (χ3v) is 7.44. The summed E-state index contributed by atoms with van der Waals surface area (Å²) in [5, 5.41) is 7.43. The molecule has 0 saturated carbocycles. The number of thioether (sulfide) groups is 1. The number of carbonyl (C=O) groups is 1. The summed E-state index contributed by atoms with van der Waals surface area (Å²) in [7, 11) is 0. The molecule has 1 N–H and O–H groups in total. The summed E-state index contributed by atoms with van der Waals surface area (Å²) in [5.74, 6) is 1.56. The molecule has 0 aliphatic rings. The zero-order valence-corrected chi connectivity index (χ0v) is 18.9. The van der Waals surface area contributed by atoms with Gasteiger partial charge in [0.25, 0.3) is 5.56 Å². The summed E-state index contributed by atoms with van der Waals surface area (Å²) in [4.78, 5) is 31.4. The van der Waals surface area contributed by atoms with Gasteiger partial charge in [0, 0.05) is 33.9 Å². The molecule has 4 aromatic rings. The molecular formula is C22H21N3O2S3. The van der Waals surface area contributed by atoms with Crippen molar-refractivity contribution in [1.82, 2.24) is 14.9 Å². The molecule has 1 amide bonds. The van der Waals surface area contributed by atoms with Crippen LogP contribution in [0.1, 0.15) is 11.1 Å². The summed E-state index contributed by atoms with van der Waals surface area (Å²) in [6, 6.07) is 12.4. The van der Waals surface area contributed by atoms with Gasteiger partial charge in [0.15, 0.2) is 0 Å². The van der Waals surface area contributed by atoms with Gasteiger partial charge in [0.2, 0.25) is 5.91 Å². The molecule has 0 spiro atoms. The van der Waals surface area contributed by atoms with E-state index < -0.39 is 0 Å². The number of benzene rings is 1. The first kappa shape index (κ1) is 20.8. The number of aryl methyl sites for hydroxylation is 1. The Bertz CT molecular complexity index is 1190. The van der Waals surface area contributed by atoms with Crippen LogP contribution in [0.2, 0.25) is 0 Å². The number of hydrogen-bond acceptors (Lipinski definition) is 6. The summed E-state index contributed by atoms with van der Waals surface area (Å²) in [5.41, 5.74) is 3.25. The molecule has 3 heterocycles. The van der Waals surface area contributed by atoms with Gasteiger partial charge in [-0.1, -0.05) is 35.9 Å². The van der Waals surface area contributed by atoms with Crippen molar-refractivity contribution >= 4 is 50.6 Å². The monoisotopic (exact) mass is 455 g/mol. The second-order valence-corrected chi connectivity index (χ2v) is 9.78. The van der Waals surface area contributed by atoms with Crippen molar-refractivity contribution in [2.75, 3.05) is 12.3 Å². The Kier molecular flexibility index (Phi) is 6.66. The number of nitrogens with one attached hydrogen (secondary N) is 1. The van der Waals surface area contributed by atoms with Crippen molar-refractivity contribution in [3.05, 3.63) is 75.0 Å². The lowest BCUT2D eigenvalue weighted by molar-refractivity contribution is -0.121. The molecule has 3 aromatic heterocycles. The Morgan fingerprint density at radius 1 is 1.20 bits per heavy atom. The predicted molar refractivity (Wildman–Crippen MR) is 128 cm³/mol. The van der Waals surface area contributed by atoms with Gasteiger partial charge in [-0.2, -0.15) is 11.8 Å². The van der Waals surface area contributed by atoms with Crippen LogP contribution < -0.4 is 10.9 Å². The summed E-state index contributed by atoms with van der Waals surface area (Å²) >= 11 is 4.81. The van der Waals surface area contributed by atoms with E-state index >= 15 is 0 Å². The quantitative estimate of drug-likeness (QED) is 0.396. The molecule has 0 unspecified atom stereocenters. The van der Waals surface area contributed by atoms with Gasteiger partial charge in [-0.3, -0.25) is 14.2 Å². The van der Waals surface area contributed by atoms with Gasteiger partial charge in [-0.15, -0.1) is 22.7 Å². The SMILES string of the molecule is Cc1ccc(CSCCNC(=O)Cn2cnc3scc(-c4cccs4)c3c2=O)cc1. The van der Waals surface area contributed by atoms with Gasteiger partial charge in [0.1, 0.15) is 11.4 Å². The molecule has 0 fully saturated rings. The zero-order valence-electron chi connectivity index (χ0n) is 16.5. The highest BCUT2D eigenvalue weighted by Crippen LogP contribution is 2.33. The Morgan fingerprint density at radius 2 is 2.03 bits per heavy atom. The lowest BCUT2D eigenvalue weighted by Gasteiger charge is -2.08. The van der Waals surface area contributed by atoms with Crippen LogP contribution in [0.4, 0.5) is 0 Å². The van der Waals surface area contributed by atoms with E-state index in [1.165, 1.54) is 33.4 Å². The third-order valence-electron chi connectivity index (χ3n) is 4.62. The standard InChI is InChI=1S/C22H21N3O2S3/c1-15-4-6-16(7-5-15)12-28-10-8-23-19(26)11-25-14-24-21-20(22(25)27)17(13-30-21)18-3-2-9-29-18/h2-7,9,13-14H,8,10-12H2,1H3,(H,23,26). The number of nitrogens with zero attached hydrogens (tertiary/aromatic N) is 2. The minimum Gasteiger partial charge on any atom is -0.354 e. The van der Waals surface area contributed by atoms with Crippen LogP contribution in [-0.4, -0.2) is 27.8 Å². The Balaban J connectivity index is 1.33. The smallest absolute Gasteiger partial charge is 0.263 e. The maximum Gasteiger partial charge on any atom is 0.263 e. The maximum absolute atomic E-state index is 12.9. The van der Waals surface area contributed by atoms with E-state index in [0.717, 1.165) is 21.9 Å². The lowest BCUT2D eigenvalue weighted by Crippen LogP contribution is -2.33. The van der Waals surface area contributed by atoms with Crippen LogP contribution in [0.15, 0.2) is 58.3 Å². The van der Waals surface area contributed by atoms with Crippen molar-refractivity contribution in [3.63, 3.8) is 0 Å². The lowest BCUT2D eigenvalue weighted by atomic mass is 10.2. The van der Waals surface area contributed by atoms with Crippen molar-refractivity contribution < 1.29 is 4.79 Å². The minimum atomic E-state index is -0.179. The van der Waals surface area contributed by atoms with E-state index in [1.54, 1.807) is 23.1 Å². The molecule has 0 radical (unpaired) electrons. The number of amides is 1. The normalized spacial score (nSPS) is 11.1. The number of hydrogen-bond donors (Lipinski definition) is 1. The fourth-order valence-corrected chi connectivity index (χ4v) is 5.58. The Hall–Kier alpha value is -2.42. The second kappa shape index (κ2) is 9.59. The third kappa shape index (κ3) is 4.83. The van der Waals surface area contributed by atoms with E-state index in [9.17, 15) is 9.59 Å². The van der Waals surface area contributed by atoms with Crippen molar-refractivity contribution in [2.24, 2.45) is 0 Å². The average molecular weight is 456 g/mol. The highest BCUT2D eigenvalue weighted by atomic mass is 32.2. The van der Waals surface area contributed by atoms with Crippen molar-refractivity contribution in [2.45, 2.75) is 19.2 Å². The summed E-state index contributed by atoms with van der Waals surface area (Å²) in [6.07, 6.45) is 1.46. The van der Waals surface area contributed by atoms with Gasteiger partial charge < -0.3 is 5.32 Å². The molecular weight excluding hydrogens is 434 g/mol. The highest BCUT2D eigenvalue weighted by molar-refractivity contribution is 7.98. The molecule has 30 heavy (non-hydrogen) atoms. The molecule has 0 aliphatic carbocycles. The molecule has 8 heteroatoms. The number of carbonyl (C=O) groups excluding carboxylic acids is 1. The molecule has 0 aliphatic heterocycles. The molecule has 5 nitrogen and oxygen atoms in total.